The first kappa shape index (κ1) is 20.4. The fourth-order valence-electron chi connectivity index (χ4n) is 3.57. The predicted octanol–water partition coefficient (Wildman–Crippen LogP) is 4.95. The number of aliphatic hydroxyl groups is 1. The molecule has 0 spiro atoms. The van der Waals surface area contributed by atoms with E-state index in [2.05, 4.69) is 64.8 Å². The molecule has 1 aromatic rings. The maximum absolute atomic E-state index is 10.2. The van der Waals surface area contributed by atoms with Crippen LogP contribution in [0.2, 0.25) is 16.6 Å². The van der Waals surface area contributed by atoms with Gasteiger partial charge in [0, 0.05) is 0 Å². The molecule has 130 valence electrons. The van der Waals surface area contributed by atoms with Crippen molar-refractivity contribution in [2.45, 2.75) is 64.3 Å². The molecule has 0 aliphatic carbocycles. The first-order valence-electron chi connectivity index (χ1n) is 8.60. The number of methoxy groups -OCH3 is 1. The van der Waals surface area contributed by atoms with Gasteiger partial charge in [-0.3, -0.25) is 0 Å². The molecule has 0 bridgehead atoms. The molecule has 0 radical (unpaired) electrons. The fraction of sp³-hybridized carbons (Fsp3) is 0.524. The highest BCUT2D eigenvalue weighted by Crippen LogP contribution is 2.40. The monoisotopic (exact) mass is 342 g/mol. The Hall–Kier alpha value is -1.68. The second kappa shape index (κ2) is 8.97. The van der Waals surface area contributed by atoms with Gasteiger partial charge in [0.25, 0.3) is 0 Å². The highest BCUT2D eigenvalue weighted by Gasteiger charge is 2.41. The molecule has 3 heteroatoms. The third-order valence-electron chi connectivity index (χ3n) is 4.83. The predicted molar refractivity (Wildman–Crippen MR) is 105 cm³/mol. The molecular weight excluding hydrogens is 312 g/mol. The van der Waals surface area contributed by atoms with Crippen LogP contribution in [0.5, 0.6) is 5.75 Å². The minimum atomic E-state index is -1.76. The highest BCUT2D eigenvalue weighted by molar-refractivity contribution is 6.90. The van der Waals surface area contributed by atoms with Crippen molar-refractivity contribution in [3.05, 3.63) is 29.8 Å². The Morgan fingerprint density at radius 3 is 2.04 bits per heavy atom. The molecule has 0 aliphatic heterocycles. The third-order valence-corrected chi connectivity index (χ3v) is 11.1. The molecule has 2 nitrogen and oxygen atoms in total. The van der Waals surface area contributed by atoms with Gasteiger partial charge in [-0.25, -0.2) is 0 Å². The molecule has 0 aromatic heterocycles. The van der Waals surface area contributed by atoms with Gasteiger partial charge in [-0.15, -0.1) is 5.54 Å². The summed E-state index contributed by atoms with van der Waals surface area (Å²) in [5, 5.41) is 10.2. The Morgan fingerprint density at radius 2 is 1.54 bits per heavy atom. The van der Waals surface area contributed by atoms with Crippen molar-refractivity contribution in [1.82, 2.24) is 0 Å². The first-order chi connectivity index (χ1) is 11.3. The summed E-state index contributed by atoms with van der Waals surface area (Å²) in [6.45, 7) is 13.7. The van der Waals surface area contributed by atoms with Crippen LogP contribution in [-0.4, -0.2) is 20.3 Å². The molecule has 1 rings (SSSR count). The van der Waals surface area contributed by atoms with Gasteiger partial charge in [-0.2, -0.15) is 0 Å². The largest absolute Gasteiger partial charge is 0.497 e. The smallest absolute Gasteiger partial charge is 0.147 e. The van der Waals surface area contributed by atoms with E-state index in [9.17, 15) is 5.11 Å². The second-order valence-electron chi connectivity index (χ2n) is 7.10. The normalized spacial score (nSPS) is 12.5. The molecule has 0 aliphatic rings. The van der Waals surface area contributed by atoms with Crippen LogP contribution >= 0.6 is 0 Å². The molecule has 1 N–H and O–H groups in total. The van der Waals surface area contributed by atoms with E-state index in [1.165, 1.54) is 0 Å². The first-order valence-corrected chi connectivity index (χ1v) is 10.8. The maximum atomic E-state index is 10.2. The molecule has 1 aromatic carbocycles. The number of benzene rings is 1. The van der Waals surface area contributed by atoms with Gasteiger partial charge in [0.2, 0.25) is 0 Å². The quantitative estimate of drug-likeness (QED) is 0.606. The third kappa shape index (κ3) is 4.66. The zero-order chi connectivity index (χ0) is 18.3. The second-order valence-corrected chi connectivity index (χ2v) is 12.7. The highest BCUT2D eigenvalue weighted by atomic mass is 28.3. The van der Waals surface area contributed by atoms with Crippen molar-refractivity contribution in [2.24, 2.45) is 0 Å². The van der Waals surface area contributed by atoms with Crippen LogP contribution in [0.4, 0.5) is 0 Å². The van der Waals surface area contributed by atoms with Crippen molar-refractivity contribution in [1.29, 1.82) is 0 Å². The van der Waals surface area contributed by atoms with Gasteiger partial charge in [-0.05, 0) is 46.2 Å². The van der Waals surface area contributed by atoms with Crippen molar-refractivity contribution in [3.63, 3.8) is 0 Å². The Morgan fingerprint density at radius 1 is 0.958 bits per heavy atom. The summed E-state index contributed by atoms with van der Waals surface area (Å²) in [5.74, 6) is 9.48. The average Bonchev–Trinajstić information content (AvgIpc) is 2.53. The standard InChI is InChI=1S/C21H30O2Si/c1-16(2)24(17(3)4,18(5)6)14-9-8-13-21(22)19-11-10-12-20(15-19)23-7/h10-12,15-18,21-22H,1-7H3/t21-/m0/s1. The lowest BCUT2D eigenvalue weighted by Crippen LogP contribution is -2.43. The molecule has 0 fully saturated rings. The summed E-state index contributed by atoms with van der Waals surface area (Å²) in [6.07, 6.45) is -0.845. The molecule has 0 unspecified atom stereocenters. The Bertz CT molecular complexity index is 632. The van der Waals surface area contributed by atoms with E-state index in [-0.39, 0.29) is 0 Å². The van der Waals surface area contributed by atoms with E-state index in [0.29, 0.717) is 22.4 Å². The van der Waals surface area contributed by atoms with Gasteiger partial charge in [0.05, 0.1) is 7.11 Å². The topological polar surface area (TPSA) is 29.5 Å². The lowest BCUT2D eigenvalue weighted by molar-refractivity contribution is 0.238. The number of rotatable bonds is 5. The van der Waals surface area contributed by atoms with E-state index < -0.39 is 14.2 Å². The zero-order valence-corrected chi connectivity index (χ0v) is 17.0. The summed E-state index contributed by atoms with van der Waals surface area (Å²) in [7, 11) is -0.151. The van der Waals surface area contributed by atoms with E-state index in [1.807, 2.05) is 18.2 Å². The summed E-state index contributed by atoms with van der Waals surface area (Å²) in [6, 6.07) is 7.32. The molecule has 0 heterocycles. The van der Waals surface area contributed by atoms with Crippen LogP contribution < -0.4 is 4.74 Å². The lowest BCUT2D eigenvalue weighted by atomic mass is 10.1. The molecule has 1 atom stereocenters. The van der Waals surface area contributed by atoms with Gasteiger partial charge in [0.15, 0.2) is 0 Å². The van der Waals surface area contributed by atoms with Crippen LogP contribution in [0.25, 0.3) is 0 Å². The average molecular weight is 343 g/mol. The van der Waals surface area contributed by atoms with Crippen molar-refractivity contribution >= 4 is 8.07 Å². The SMILES string of the molecule is COc1cccc([C@@H](O)C#CC#C[Si](C(C)C)(C(C)C)C(C)C)c1. The number of hydrogen-bond donors (Lipinski definition) is 1. The summed E-state index contributed by atoms with van der Waals surface area (Å²) in [4.78, 5) is 0. The van der Waals surface area contributed by atoms with Crippen LogP contribution in [0.15, 0.2) is 24.3 Å². The molecule has 0 amide bonds. The summed E-state index contributed by atoms with van der Waals surface area (Å²) < 4.78 is 5.17. The zero-order valence-electron chi connectivity index (χ0n) is 16.0. The van der Waals surface area contributed by atoms with Gasteiger partial charge >= 0.3 is 0 Å². The summed E-state index contributed by atoms with van der Waals surface area (Å²) in [5.41, 5.74) is 6.00. The van der Waals surface area contributed by atoms with Crippen molar-refractivity contribution in [3.8, 4) is 29.1 Å². The van der Waals surface area contributed by atoms with Crippen LogP contribution in [0.1, 0.15) is 53.2 Å². The molecule has 0 saturated carbocycles. The molecule has 24 heavy (non-hydrogen) atoms. The number of hydrogen-bond acceptors (Lipinski definition) is 2. The lowest BCUT2D eigenvalue weighted by Gasteiger charge is -2.37. The van der Waals surface area contributed by atoms with Crippen LogP contribution in [0, 0.1) is 23.3 Å². The molecule has 0 saturated heterocycles. The Labute approximate surface area is 148 Å². The van der Waals surface area contributed by atoms with Gasteiger partial charge < -0.3 is 9.84 Å². The van der Waals surface area contributed by atoms with E-state index in [0.717, 1.165) is 5.56 Å². The minimum absolute atomic E-state index is 0.579. The van der Waals surface area contributed by atoms with Gasteiger partial charge in [-0.1, -0.05) is 59.6 Å². The van der Waals surface area contributed by atoms with Crippen molar-refractivity contribution in [2.75, 3.05) is 7.11 Å². The fourth-order valence-corrected chi connectivity index (χ4v) is 8.72. The van der Waals surface area contributed by atoms with E-state index in [4.69, 9.17) is 4.74 Å². The Kier molecular flexibility index (Phi) is 7.61. The maximum Gasteiger partial charge on any atom is 0.147 e. The van der Waals surface area contributed by atoms with Crippen LogP contribution in [0.3, 0.4) is 0 Å². The van der Waals surface area contributed by atoms with E-state index in [1.54, 1.807) is 13.2 Å². The number of ether oxygens (including phenoxy) is 1. The summed E-state index contributed by atoms with van der Waals surface area (Å²) >= 11 is 0. The Balaban J connectivity index is 3.03. The van der Waals surface area contributed by atoms with Gasteiger partial charge in [0.1, 0.15) is 19.9 Å². The minimum Gasteiger partial charge on any atom is -0.497 e. The molecular formula is C21H30O2Si. The van der Waals surface area contributed by atoms with Crippen molar-refractivity contribution < 1.29 is 9.84 Å². The van der Waals surface area contributed by atoms with Crippen LogP contribution in [-0.2, 0) is 0 Å². The number of aliphatic hydroxyl groups excluding tert-OH is 1. The van der Waals surface area contributed by atoms with E-state index >= 15 is 0 Å².